The Hall–Kier alpha value is -3.60. The third-order valence-electron chi connectivity index (χ3n) is 4.41. The molecule has 0 aliphatic heterocycles. The Morgan fingerprint density at radius 3 is 2.59 bits per heavy atom. The Morgan fingerprint density at radius 2 is 1.78 bits per heavy atom. The number of nitrogens with one attached hydrogen (secondary N) is 3. The third-order valence-corrected chi connectivity index (χ3v) is 4.41. The number of rotatable bonds is 6. The Labute approximate surface area is 157 Å². The zero-order valence-electron chi connectivity index (χ0n) is 14.8. The highest BCUT2D eigenvalue weighted by atomic mass is 16.1. The van der Waals surface area contributed by atoms with Crippen molar-refractivity contribution in [3.8, 4) is 0 Å². The number of pyridine rings is 1. The number of amides is 1. The van der Waals surface area contributed by atoms with E-state index in [1.165, 1.54) is 0 Å². The van der Waals surface area contributed by atoms with Crippen molar-refractivity contribution in [2.45, 2.75) is 13.0 Å². The Bertz CT molecular complexity index is 1040. The Kier molecular flexibility index (Phi) is 4.83. The van der Waals surface area contributed by atoms with E-state index in [1.54, 1.807) is 6.20 Å². The van der Waals surface area contributed by atoms with Gasteiger partial charge in [0.15, 0.2) is 0 Å². The number of fused-ring (bicyclic) bond motifs is 1. The molecule has 4 aromatic rings. The van der Waals surface area contributed by atoms with E-state index in [2.05, 4.69) is 20.6 Å². The molecule has 0 bridgehead atoms. The first kappa shape index (κ1) is 16.8. The monoisotopic (exact) mass is 356 g/mol. The number of carbonyl (C=O) groups excluding carboxylic acids is 1. The minimum Gasteiger partial charge on any atom is -0.381 e. The average molecular weight is 356 g/mol. The molecule has 2 heterocycles. The molecular weight excluding hydrogens is 336 g/mol. The molecule has 0 aliphatic carbocycles. The van der Waals surface area contributed by atoms with Gasteiger partial charge in [-0.05, 0) is 47.5 Å². The highest BCUT2D eigenvalue weighted by Gasteiger charge is 2.09. The van der Waals surface area contributed by atoms with Crippen LogP contribution in [-0.2, 0) is 17.8 Å². The standard InChI is InChI=1S/C22H20N4O/c27-22(12-17-15-25-21-6-2-1-5-20(17)21)26-19-9-7-18(8-10-19)24-14-16-4-3-11-23-13-16/h1-11,13,15,24-25H,12,14H2,(H,26,27). The van der Waals surface area contributed by atoms with E-state index in [-0.39, 0.29) is 5.91 Å². The molecule has 2 aromatic heterocycles. The molecule has 0 fully saturated rings. The fourth-order valence-corrected chi connectivity index (χ4v) is 3.03. The summed E-state index contributed by atoms with van der Waals surface area (Å²) in [6.45, 7) is 0.708. The van der Waals surface area contributed by atoms with Crippen molar-refractivity contribution in [2.75, 3.05) is 10.6 Å². The molecule has 5 heteroatoms. The number of para-hydroxylation sites is 1. The van der Waals surface area contributed by atoms with Crippen molar-refractivity contribution in [3.63, 3.8) is 0 Å². The summed E-state index contributed by atoms with van der Waals surface area (Å²) in [5.74, 6) is -0.0316. The maximum Gasteiger partial charge on any atom is 0.228 e. The number of H-pyrrole nitrogens is 1. The van der Waals surface area contributed by atoms with Gasteiger partial charge in [0, 0.05) is 47.4 Å². The molecule has 5 nitrogen and oxygen atoms in total. The highest BCUT2D eigenvalue weighted by molar-refractivity contribution is 5.95. The predicted molar refractivity (Wildman–Crippen MR) is 109 cm³/mol. The summed E-state index contributed by atoms with van der Waals surface area (Å²) >= 11 is 0. The lowest BCUT2D eigenvalue weighted by molar-refractivity contribution is -0.115. The fraction of sp³-hybridized carbons (Fsp3) is 0.0909. The molecule has 0 radical (unpaired) electrons. The quantitative estimate of drug-likeness (QED) is 0.481. The van der Waals surface area contributed by atoms with E-state index >= 15 is 0 Å². The van der Waals surface area contributed by atoms with E-state index in [4.69, 9.17) is 0 Å². The highest BCUT2D eigenvalue weighted by Crippen LogP contribution is 2.19. The van der Waals surface area contributed by atoms with Crippen molar-refractivity contribution in [2.24, 2.45) is 0 Å². The smallest absolute Gasteiger partial charge is 0.228 e. The normalized spacial score (nSPS) is 10.7. The van der Waals surface area contributed by atoms with Gasteiger partial charge in [-0.3, -0.25) is 9.78 Å². The van der Waals surface area contributed by atoms with Crippen molar-refractivity contribution < 1.29 is 4.79 Å². The van der Waals surface area contributed by atoms with Gasteiger partial charge in [-0.25, -0.2) is 0 Å². The van der Waals surface area contributed by atoms with Crippen molar-refractivity contribution in [1.82, 2.24) is 9.97 Å². The van der Waals surface area contributed by atoms with Crippen LogP contribution < -0.4 is 10.6 Å². The Morgan fingerprint density at radius 1 is 0.963 bits per heavy atom. The number of aromatic nitrogens is 2. The van der Waals surface area contributed by atoms with Crippen LogP contribution in [0.2, 0.25) is 0 Å². The van der Waals surface area contributed by atoms with Gasteiger partial charge in [0.1, 0.15) is 0 Å². The molecule has 4 rings (SSSR count). The summed E-state index contributed by atoms with van der Waals surface area (Å²) in [6.07, 6.45) is 5.84. The SMILES string of the molecule is O=C(Cc1c[nH]c2ccccc12)Nc1ccc(NCc2cccnc2)cc1. The molecular formula is C22H20N4O. The molecule has 0 saturated heterocycles. The van der Waals surface area contributed by atoms with Gasteiger partial charge in [0.2, 0.25) is 5.91 Å². The van der Waals surface area contributed by atoms with Gasteiger partial charge in [-0.2, -0.15) is 0 Å². The van der Waals surface area contributed by atoms with Gasteiger partial charge in [0.25, 0.3) is 0 Å². The van der Waals surface area contributed by atoms with E-state index in [1.807, 2.05) is 73.1 Å². The number of anilines is 2. The molecule has 3 N–H and O–H groups in total. The first-order valence-corrected chi connectivity index (χ1v) is 8.85. The van der Waals surface area contributed by atoms with Crippen LogP contribution in [0.4, 0.5) is 11.4 Å². The van der Waals surface area contributed by atoms with Crippen LogP contribution in [0.3, 0.4) is 0 Å². The van der Waals surface area contributed by atoms with Gasteiger partial charge in [-0.1, -0.05) is 24.3 Å². The zero-order chi connectivity index (χ0) is 18.5. The van der Waals surface area contributed by atoms with Gasteiger partial charge in [0.05, 0.1) is 6.42 Å². The van der Waals surface area contributed by atoms with Gasteiger partial charge in [-0.15, -0.1) is 0 Å². The second kappa shape index (κ2) is 7.74. The summed E-state index contributed by atoms with van der Waals surface area (Å²) in [7, 11) is 0. The molecule has 0 spiro atoms. The van der Waals surface area contributed by atoms with Gasteiger partial charge < -0.3 is 15.6 Å². The molecule has 2 aromatic carbocycles. The second-order valence-electron chi connectivity index (χ2n) is 6.38. The molecule has 1 amide bonds. The summed E-state index contributed by atoms with van der Waals surface area (Å²) in [4.78, 5) is 19.7. The summed E-state index contributed by atoms with van der Waals surface area (Å²) in [5, 5.41) is 7.38. The minimum absolute atomic E-state index is 0.0316. The molecule has 134 valence electrons. The van der Waals surface area contributed by atoms with Crippen LogP contribution in [-0.4, -0.2) is 15.9 Å². The van der Waals surface area contributed by atoms with E-state index in [0.717, 1.165) is 33.4 Å². The first-order chi connectivity index (χ1) is 13.3. The number of carbonyl (C=O) groups is 1. The van der Waals surface area contributed by atoms with Crippen LogP contribution in [0.15, 0.2) is 79.3 Å². The predicted octanol–water partition coefficient (Wildman–Crippen LogP) is 4.36. The number of nitrogens with zero attached hydrogens (tertiary/aromatic N) is 1. The molecule has 0 atom stereocenters. The molecule has 0 aliphatic rings. The number of aromatic amines is 1. The maximum absolute atomic E-state index is 12.4. The van der Waals surface area contributed by atoms with Crippen LogP contribution in [0.5, 0.6) is 0 Å². The summed E-state index contributed by atoms with van der Waals surface area (Å²) < 4.78 is 0. The molecule has 0 unspecified atom stereocenters. The minimum atomic E-state index is -0.0316. The van der Waals surface area contributed by atoms with E-state index < -0.39 is 0 Å². The number of hydrogen-bond donors (Lipinski definition) is 3. The van der Waals surface area contributed by atoms with Crippen LogP contribution in [0, 0.1) is 0 Å². The van der Waals surface area contributed by atoms with Crippen molar-refractivity contribution in [1.29, 1.82) is 0 Å². The average Bonchev–Trinajstić information content (AvgIpc) is 3.11. The van der Waals surface area contributed by atoms with E-state index in [0.29, 0.717) is 13.0 Å². The van der Waals surface area contributed by atoms with Crippen molar-refractivity contribution >= 4 is 28.2 Å². The fourth-order valence-electron chi connectivity index (χ4n) is 3.03. The van der Waals surface area contributed by atoms with Crippen LogP contribution >= 0.6 is 0 Å². The van der Waals surface area contributed by atoms with Crippen molar-refractivity contribution in [3.05, 3.63) is 90.4 Å². The van der Waals surface area contributed by atoms with E-state index in [9.17, 15) is 4.79 Å². The number of hydrogen-bond acceptors (Lipinski definition) is 3. The topological polar surface area (TPSA) is 69.8 Å². The summed E-state index contributed by atoms with van der Waals surface area (Å²) in [6, 6.07) is 19.7. The largest absolute Gasteiger partial charge is 0.381 e. The molecule has 27 heavy (non-hydrogen) atoms. The Balaban J connectivity index is 1.34. The zero-order valence-corrected chi connectivity index (χ0v) is 14.8. The number of benzene rings is 2. The van der Waals surface area contributed by atoms with Crippen LogP contribution in [0.1, 0.15) is 11.1 Å². The lowest BCUT2D eigenvalue weighted by Gasteiger charge is -2.08. The first-order valence-electron chi connectivity index (χ1n) is 8.85. The second-order valence-corrected chi connectivity index (χ2v) is 6.38. The van der Waals surface area contributed by atoms with Crippen LogP contribution in [0.25, 0.3) is 10.9 Å². The lowest BCUT2D eigenvalue weighted by Crippen LogP contribution is -2.14. The maximum atomic E-state index is 12.4. The van der Waals surface area contributed by atoms with Gasteiger partial charge >= 0.3 is 0 Å². The summed E-state index contributed by atoms with van der Waals surface area (Å²) in [5.41, 5.74) is 4.94. The molecule has 0 saturated carbocycles. The lowest BCUT2D eigenvalue weighted by atomic mass is 10.1. The third kappa shape index (κ3) is 4.15.